The molecule has 0 radical (unpaired) electrons. The monoisotopic (exact) mass is 331 g/mol. The SMILES string of the molecule is Brc1ccc(OCc2nc(-c3cnccn3)n[nH]2)cc1. The summed E-state index contributed by atoms with van der Waals surface area (Å²) < 4.78 is 6.61. The Kier molecular flexibility index (Phi) is 3.69. The zero-order valence-corrected chi connectivity index (χ0v) is 11.9. The molecule has 0 amide bonds. The molecule has 0 fully saturated rings. The molecule has 1 aromatic carbocycles. The molecule has 6 nitrogen and oxygen atoms in total. The van der Waals surface area contributed by atoms with Crippen molar-refractivity contribution in [2.45, 2.75) is 6.61 Å². The van der Waals surface area contributed by atoms with E-state index in [-0.39, 0.29) is 0 Å². The van der Waals surface area contributed by atoms with Crippen LogP contribution in [0.25, 0.3) is 11.5 Å². The average Bonchev–Trinajstić information content (AvgIpc) is 2.97. The quantitative estimate of drug-likeness (QED) is 0.795. The highest BCUT2D eigenvalue weighted by Crippen LogP contribution is 2.17. The Morgan fingerprint density at radius 1 is 1.15 bits per heavy atom. The second kappa shape index (κ2) is 5.79. The Morgan fingerprint density at radius 3 is 2.75 bits per heavy atom. The van der Waals surface area contributed by atoms with Crippen molar-refractivity contribution in [3.8, 4) is 17.3 Å². The molecule has 2 heterocycles. The minimum absolute atomic E-state index is 0.314. The number of H-pyrrole nitrogens is 1. The largest absolute Gasteiger partial charge is 0.486 e. The van der Waals surface area contributed by atoms with Gasteiger partial charge in [0.25, 0.3) is 0 Å². The van der Waals surface area contributed by atoms with Crippen LogP contribution >= 0.6 is 15.9 Å². The van der Waals surface area contributed by atoms with E-state index in [2.05, 4.69) is 41.1 Å². The van der Waals surface area contributed by atoms with Crippen LogP contribution in [0.3, 0.4) is 0 Å². The van der Waals surface area contributed by atoms with Crippen molar-refractivity contribution in [1.82, 2.24) is 25.1 Å². The first-order valence-electron chi connectivity index (χ1n) is 5.87. The summed E-state index contributed by atoms with van der Waals surface area (Å²) in [4.78, 5) is 12.4. The number of halogens is 1. The van der Waals surface area contributed by atoms with Gasteiger partial charge in [0.15, 0.2) is 5.82 Å². The number of benzene rings is 1. The predicted molar refractivity (Wildman–Crippen MR) is 75.9 cm³/mol. The Morgan fingerprint density at radius 2 is 2.00 bits per heavy atom. The van der Waals surface area contributed by atoms with E-state index in [1.54, 1.807) is 18.6 Å². The number of ether oxygens (including phenoxy) is 1. The maximum atomic E-state index is 5.61. The number of hydrogen-bond donors (Lipinski definition) is 1. The molecule has 20 heavy (non-hydrogen) atoms. The first-order chi connectivity index (χ1) is 9.81. The van der Waals surface area contributed by atoms with Gasteiger partial charge in [0.2, 0.25) is 5.82 Å². The van der Waals surface area contributed by atoms with Gasteiger partial charge in [0.1, 0.15) is 18.1 Å². The molecule has 0 saturated carbocycles. The third-order valence-electron chi connectivity index (χ3n) is 2.51. The molecule has 7 heteroatoms. The van der Waals surface area contributed by atoms with Crippen LogP contribution in [0.2, 0.25) is 0 Å². The maximum Gasteiger partial charge on any atom is 0.201 e. The molecule has 0 aliphatic rings. The van der Waals surface area contributed by atoms with Gasteiger partial charge in [-0.1, -0.05) is 15.9 Å². The summed E-state index contributed by atoms with van der Waals surface area (Å²) >= 11 is 3.37. The number of nitrogens with one attached hydrogen (secondary N) is 1. The van der Waals surface area contributed by atoms with Crippen molar-refractivity contribution >= 4 is 15.9 Å². The molecule has 3 rings (SSSR count). The lowest BCUT2D eigenvalue weighted by atomic mass is 10.3. The Balaban J connectivity index is 1.67. The second-order valence-electron chi connectivity index (χ2n) is 3.94. The van der Waals surface area contributed by atoms with E-state index in [9.17, 15) is 0 Å². The molecule has 0 aliphatic heterocycles. The molecule has 1 N–H and O–H groups in total. The lowest BCUT2D eigenvalue weighted by Gasteiger charge is -2.03. The topological polar surface area (TPSA) is 76.6 Å². The van der Waals surface area contributed by atoms with Crippen molar-refractivity contribution in [2.24, 2.45) is 0 Å². The van der Waals surface area contributed by atoms with Gasteiger partial charge in [-0.05, 0) is 24.3 Å². The Bertz CT molecular complexity index is 683. The van der Waals surface area contributed by atoms with Crippen LogP contribution in [-0.2, 0) is 6.61 Å². The summed E-state index contributed by atoms with van der Waals surface area (Å²) in [6.07, 6.45) is 4.82. The standard InChI is InChI=1S/C13H10BrN5O/c14-9-1-3-10(4-2-9)20-8-12-17-13(19-18-12)11-7-15-5-6-16-11/h1-7H,8H2,(H,17,18,19). The van der Waals surface area contributed by atoms with Gasteiger partial charge in [-0.25, -0.2) is 9.97 Å². The summed E-state index contributed by atoms with van der Waals surface area (Å²) in [6, 6.07) is 7.59. The lowest BCUT2D eigenvalue weighted by Crippen LogP contribution is -1.97. The summed E-state index contributed by atoms with van der Waals surface area (Å²) in [5.41, 5.74) is 0.624. The third kappa shape index (κ3) is 3.00. The van der Waals surface area contributed by atoms with Gasteiger partial charge in [-0.2, -0.15) is 5.10 Å². The van der Waals surface area contributed by atoms with E-state index < -0.39 is 0 Å². The van der Waals surface area contributed by atoms with Gasteiger partial charge >= 0.3 is 0 Å². The van der Waals surface area contributed by atoms with Gasteiger partial charge < -0.3 is 4.74 Å². The van der Waals surface area contributed by atoms with Crippen LogP contribution in [0, 0.1) is 0 Å². The molecule has 100 valence electrons. The molecular formula is C13H10BrN5O. The zero-order valence-electron chi connectivity index (χ0n) is 10.3. The molecule has 0 atom stereocenters. The van der Waals surface area contributed by atoms with Gasteiger partial charge in [-0.15, -0.1) is 0 Å². The molecule has 0 unspecified atom stereocenters. The minimum atomic E-state index is 0.314. The van der Waals surface area contributed by atoms with E-state index in [1.807, 2.05) is 24.3 Å². The van der Waals surface area contributed by atoms with Crippen molar-refractivity contribution < 1.29 is 4.74 Å². The molecule has 0 spiro atoms. The van der Waals surface area contributed by atoms with Crippen molar-refractivity contribution in [3.05, 3.63) is 53.2 Å². The highest BCUT2D eigenvalue weighted by Gasteiger charge is 2.07. The molecule has 3 aromatic rings. The van der Waals surface area contributed by atoms with E-state index in [1.165, 1.54) is 0 Å². The molecule has 0 saturated heterocycles. The van der Waals surface area contributed by atoms with Crippen molar-refractivity contribution in [1.29, 1.82) is 0 Å². The van der Waals surface area contributed by atoms with Crippen molar-refractivity contribution in [3.63, 3.8) is 0 Å². The van der Waals surface area contributed by atoms with Crippen LogP contribution in [0.5, 0.6) is 5.75 Å². The number of nitrogens with zero attached hydrogens (tertiary/aromatic N) is 4. The number of aromatic amines is 1. The predicted octanol–water partition coefficient (Wildman–Crippen LogP) is 2.60. The fourth-order valence-corrected chi connectivity index (χ4v) is 1.84. The Hall–Kier alpha value is -2.28. The normalized spacial score (nSPS) is 10.4. The first-order valence-corrected chi connectivity index (χ1v) is 6.66. The highest BCUT2D eigenvalue weighted by molar-refractivity contribution is 9.10. The van der Waals surface area contributed by atoms with Crippen LogP contribution in [0.1, 0.15) is 5.82 Å². The number of aromatic nitrogens is 5. The van der Waals surface area contributed by atoms with Crippen LogP contribution in [0.15, 0.2) is 47.3 Å². The summed E-state index contributed by atoms with van der Waals surface area (Å²) in [5, 5.41) is 6.91. The first kappa shape index (κ1) is 12.7. The van der Waals surface area contributed by atoms with E-state index in [0.29, 0.717) is 23.9 Å². The summed E-state index contributed by atoms with van der Waals surface area (Å²) in [5.74, 6) is 1.91. The van der Waals surface area contributed by atoms with E-state index in [0.717, 1.165) is 10.2 Å². The average molecular weight is 332 g/mol. The third-order valence-corrected chi connectivity index (χ3v) is 3.04. The smallest absolute Gasteiger partial charge is 0.201 e. The van der Waals surface area contributed by atoms with Gasteiger partial charge in [-0.3, -0.25) is 10.1 Å². The van der Waals surface area contributed by atoms with Crippen LogP contribution < -0.4 is 4.74 Å². The fraction of sp³-hybridized carbons (Fsp3) is 0.0769. The number of hydrogen-bond acceptors (Lipinski definition) is 5. The molecule has 0 aliphatic carbocycles. The number of rotatable bonds is 4. The maximum absolute atomic E-state index is 5.61. The van der Waals surface area contributed by atoms with Crippen molar-refractivity contribution in [2.75, 3.05) is 0 Å². The minimum Gasteiger partial charge on any atom is -0.486 e. The fourth-order valence-electron chi connectivity index (χ4n) is 1.57. The van der Waals surface area contributed by atoms with Gasteiger partial charge in [0, 0.05) is 16.9 Å². The summed E-state index contributed by atoms with van der Waals surface area (Å²) in [7, 11) is 0. The Labute approximate surface area is 123 Å². The lowest BCUT2D eigenvalue weighted by molar-refractivity contribution is 0.296. The van der Waals surface area contributed by atoms with Gasteiger partial charge in [0.05, 0.1) is 6.20 Å². The van der Waals surface area contributed by atoms with E-state index >= 15 is 0 Å². The zero-order chi connectivity index (χ0) is 13.8. The van der Waals surface area contributed by atoms with Crippen LogP contribution in [-0.4, -0.2) is 25.1 Å². The van der Waals surface area contributed by atoms with E-state index in [4.69, 9.17) is 4.74 Å². The molecule has 2 aromatic heterocycles. The second-order valence-corrected chi connectivity index (χ2v) is 4.85. The highest BCUT2D eigenvalue weighted by atomic mass is 79.9. The summed E-state index contributed by atoms with van der Waals surface area (Å²) in [6.45, 7) is 0.314. The molecular weight excluding hydrogens is 322 g/mol. The molecule has 0 bridgehead atoms. The van der Waals surface area contributed by atoms with Crippen LogP contribution in [0.4, 0.5) is 0 Å².